The van der Waals surface area contributed by atoms with Crippen molar-refractivity contribution >= 4 is 37.7 Å². The number of rotatable bonds is 4. The Labute approximate surface area is 217 Å². The van der Waals surface area contributed by atoms with Crippen LogP contribution >= 0.6 is 11.3 Å². The van der Waals surface area contributed by atoms with Crippen molar-refractivity contribution < 1.29 is 0 Å². The van der Waals surface area contributed by atoms with E-state index in [1.165, 1.54) is 11.3 Å². The van der Waals surface area contributed by atoms with E-state index in [4.69, 9.17) is 4.98 Å². The maximum Gasteiger partial charge on any atom is 0.277 e. The Balaban J connectivity index is 1.62. The second-order valence-corrected chi connectivity index (χ2v) is 10.2. The van der Waals surface area contributed by atoms with Crippen LogP contribution in [0, 0.1) is 0 Å². The molecule has 7 rings (SSSR count). The molecule has 0 bridgehead atoms. The fourth-order valence-corrected chi connectivity index (χ4v) is 6.19. The molecule has 180 valence electrons. The van der Waals surface area contributed by atoms with E-state index in [-0.39, 0.29) is 5.56 Å². The van der Waals surface area contributed by atoms with E-state index >= 15 is 0 Å². The summed E-state index contributed by atoms with van der Waals surface area (Å²) in [6, 6.07) is 30.1. The van der Waals surface area contributed by atoms with Gasteiger partial charge in [-0.3, -0.25) is 4.79 Å². The Hall–Kier alpha value is -4.36. The van der Waals surface area contributed by atoms with Crippen molar-refractivity contribution in [1.29, 1.82) is 0 Å². The summed E-state index contributed by atoms with van der Waals surface area (Å²) < 4.78 is 2.36. The van der Waals surface area contributed by atoms with Crippen molar-refractivity contribution in [2.24, 2.45) is 0 Å². The van der Waals surface area contributed by atoms with Gasteiger partial charge in [0.15, 0.2) is 0 Å². The Morgan fingerprint density at radius 1 is 0.730 bits per heavy atom. The van der Waals surface area contributed by atoms with Crippen LogP contribution in [-0.4, -0.2) is 32.8 Å². The summed E-state index contributed by atoms with van der Waals surface area (Å²) in [7, 11) is 0. The van der Waals surface area contributed by atoms with Crippen LogP contribution in [-0.2, 0) is 0 Å². The molecule has 37 heavy (non-hydrogen) atoms. The summed E-state index contributed by atoms with van der Waals surface area (Å²) >= 11 is 1.37. The van der Waals surface area contributed by atoms with Gasteiger partial charge in [-0.2, -0.15) is 0 Å². The van der Waals surface area contributed by atoms with E-state index < -0.39 is 0 Å². The van der Waals surface area contributed by atoms with Gasteiger partial charge in [0.05, 0.1) is 5.69 Å². The number of para-hydroxylation sites is 1. The minimum atomic E-state index is -0.0682. The molecule has 0 N–H and O–H groups in total. The zero-order chi connectivity index (χ0) is 24.8. The molecule has 3 aromatic carbocycles. The number of aromatic nitrogens is 4. The first kappa shape index (κ1) is 21.9. The second kappa shape index (κ2) is 8.94. The quantitative estimate of drug-likeness (QED) is 0.283. The highest BCUT2D eigenvalue weighted by Gasteiger charge is 2.26. The van der Waals surface area contributed by atoms with Crippen LogP contribution in [0.2, 0.25) is 0 Å². The minimum absolute atomic E-state index is 0.0682. The van der Waals surface area contributed by atoms with E-state index in [0.29, 0.717) is 16.2 Å². The van der Waals surface area contributed by atoms with Crippen LogP contribution < -0.4 is 10.5 Å². The minimum Gasteiger partial charge on any atom is -0.342 e. The first-order valence-electron chi connectivity index (χ1n) is 12.5. The Morgan fingerprint density at radius 3 is 2.03 bits per heavy atom. The zero-order valence-electron chi connectivity index (χ0n) is 20.0. The van der Waals surface area contributed by atoms with Gasteiger partial charge in [-0.25, -0.2) is 9.55 Å². The Morgan fingerprint density at radius 2 is 1.35 bits per heavy atom. The lowest BCUT2D eigenvalue weighted by atomic mass is 9.97. The predicted octanol–water partition coefficient (Wildman–Crippen LogP) is 6.32. The molecular weight excluding hydrogens is 478 g/mol. The molecule has 4 heterocycles. The molecule has 0 aliphatic carbocycles. The van der Waals surface area contributed by atoms with Crippen LogP contribution in [0.5, 0.6) is 0 Å². The molecular formula is C30H23N5OS. The first-order valence-corrected chi connectivity index (χ1v) is 13.3. The van der Waals surface area contributed by atoms with E-state index in [0.717, 1.165) is 64.2 Å². The van der Waals surface area contributed by atoms with Crippen molar-refractivity contribution in [3.63, 3.8) is 0 Å². The lowest BCUT2D eigenvalue weighted by Crippen LogP contribution is -2.30. The van der Waals surface area contributed by atoms with Crippen LogP contribution in [0.4, 0.5) is 5.95 Å². The summed E-state index contributed by atoms with van der Waals surface area (Å²) in [5, 5.41) is 10.2. The van der Waals surface area contributed by atoms with Crippen molar-refractivity contribution in [2.75, 3.05) is 18.0 Å². The topological polar surface area (TPSA) is 63.9 Å². The standard InChI is InChI=1S/C30H23N5OS/c36-29-27-26(31-30(34-18-10-11-19-34)35(29)22-16-8-3-9-17-22)24-23(20-12-4-1-5-13-20)25(32-33-28(24)37-27)21-14-6-2-7-15-21/h1-9,12-17H,10-11,18-19H2. The molecule has 0 amide bonds. The SMILES string of the molecule is O=c1c2sc3nnc(-c4ccccc4)c(-c4ccccc4)c3c2nc(N2CCCC2)n1-c1ccccc1. The Kier molecular flexibility index (Phi) is 5.29. The number of fused-ring (bicyclic) bond motifs is 3. The molecule has 7 heteroatoms. The van der Waals surface area contributed by atoms with Gasteiger partial charge in [0, 0.05) is 29.6 Å². The monoisotopic (exact) mass is 501 g/mol. The molecule has 0 spiro atoms. The molecule has 1 aliphatic heterocycles. The lowest BCUT2D eigenvalue weighted by molar-refractivity contribution is 0.842. The summed E-state index contributed by atoms with van der Waals surface area (Å²) in [6.45, 7) is 1.76. The lowest BCUT2D eigenvalue weighted by Gasteiger charge is -2.21. The maximum absolute atomic E-state index is 14.1. The third kappa shape index (κ3) is 3.62. The fraction of sp³-hybridized carbons (Fsp3) is 0.133. The number of nitrogens with zero attached hydrogens (tertiary/aromatic N) is 5. The van der Waals surface area contributed by atoms with Crippen LogP contribution in [0.25, 0.3) is 48.5 Å². The summed E-state index contributed by atoms with van der Waals surface area (Å²) in [6.07, 6.45) is 2.18. The molecule has 1 aliphatic rings. The van der Waals surface area contributed by atoms with Crippen molar-refractivity contribution in [1.82, 2.24) is 19.7 Å². The van der Waals surface area contributed by atoms with Gasteiger partial charge in [-0.1, -0.05) is 78.9 Å². The molecule has 6 nitrogen and oxygen atoms in total. The summed E-state index contributed by atoms with van der Waals surface area (Å²) in [5.41, 5.74) is 5.20. The highest BCUT2D eigenvalue weighted by molar-refractivity contribution is 7.25. The van der Waals surface area contributed by atoms with Crippen LogP contribution in [0.3, 0.4) is 0 Å². The van der Waals surface area contributed by atoms with Gasteiger partial charge in [0.1, 0.15) is 20.7 Å². The molecule has 6 aromatic rings. The smallest absolute Gasteiger partial charge is 0.277 e. The third-order valence-electron chi connectivity index (χ3n) is 6.91. The molecule has 1 fully saturated rings. The second-order valence-electron chi connectivity index (χ2n) is 9.20. The molecule has 0 radical (unpaired) electrons. The maximum atomic E-state index is 14.1. The average Bonchev–Trinajstić information content (AvgIpc) is 3.63. The van der Waals surface area contributed by atoms with Crippen molar-refractivity contribution in [2.45, 2.75) is 12.8 Å². The fourth-order valence-electron chi connectivity index (χ4n) is 5.19. The third-order valence-corrected chi connectivity index (χ3v) is 7.97. The number of thiophene rings is 1. The van der Waals surface area contributed by atoms with E-state index in [1.54, 1.807) is 4.57 Å². The van der Waals surface area contributed by atoms with Gasteiger partial charge in [-0.05, 0) is 30.5 Å². The average molecular weight is 502 g/mol. The molecule has 1 saturated heterocycles. The molecule has 3 aromatic heterocycles. The van der Waals surface area contributed by atoms with Gasteiger partial charge < -0.3 is 4.90 Å². The van der Waals surface area contributed by atoms with Gasteiger partial charge in [0.2, 0.25) is 5.95 Å². The van der Waals surface area contributed by atoms with Crippen molar-refractivity contribution in [3.05, 3.63) is 101 Å². The zero-order valence-corrected chi connectivity index (χ0v) is 20.9. The summed E-state index contributed by atoms with van der Waals surface area (Å²) in [4.78, 5) is 22.3. The van der Waals surface area contributed by atoms with Crippen LogP contribution in [0.1, 0.15) is 12.8 Å². The van der Waals surface area contributed by atoms with E-state index in [2.05, 4.69) is 27.2 Å². The van der Waals surface area contributed by atoms with E-state index in [9.17, 15) is 4.79 Å². The van der Waals surface area contributed by atoms with Gasteiger partial charge >= 0.3 is 0 Å². The highest BCUT2D eigenvalue weighted by atomic mass is 32.1. The number of anilines is 1. The molecule has 0 atom stereocenters. The Bertz CT molecular complexity index is 1790. The van der Waals surface area contributed by atoms with Crippen molar-refractivity contribution in [3.8, 4) is 28.1 Å². The van der Waals surface area contributed by atoms with Gasteiger partial charge in [-0.15, -0.1) is 21.5 Å². The molecule has 0 saturated carbocycles. The first-order chi connectivity index (χ1) is 18.3. The van der Waals surface area contributed by atoms with Gasteiger partial charge in [0.25, 0.3) is 5.56 Å². The highest BCUT2D eigenvalue weighted by Crippen LogP contribution is 2.42. The number of hydrogen-bond donors (Lipinski definition) is 0. The normalized spacial score (nSPS) is 13.6. The number of benzene rings is 3. The summed E-state index contributed by atoms with van der Waals surface area (Å²) in [5.74, 6) is 0.693. The van der Waals surface area contributed by atoms with Crippen LogP contribution in [0.15, 0.2) is 95.8 Å². The largest absolute Gasteiger partial charge is 0.342 e. The molecule has 0 unspecified atom stereocenters. The number of hydrogen-bond acceptors (Lipinski definition) is 6. The predicted molar refractivity (Wildman–Crippen MR) is 151 cm³/mol. The van der Waals surface area contributed by atoms with E-state index in [1.807, 2.05) is 78.9 Å².